The van der Waals surface area contributed by atoms with E-state index < -0.39 is 30.2 Å². The zero-order valence-corrected chi connectivity index (χ0v) is 19.8. The normalized spacial score (nSPS) is 19.4. The number of aliphatic carboxylic acids is 2. The lowest BCUT2D eigenvalue weighted by atomic mass is 9.76. The summed E-state index contributed by atoms with van der Waals surface area (Å²) in [6, 6.07) is 3.26. The summed E-state index contributed by atoms with van der Waals surface area (Å²) < 4.78 is 82.0. The van der Waals surface area contributed by atoms with Crippen molar-refractivity contribution >= 4 is 17.8 Å². The maximum absolute atomic E-state index is 13.2. The van der Waals surface area contributed by atoms with E-state index >= 15 is 0 Å². The number of nitrogens with zero attached hydrogens (tertiary/aromatic N) is 3. The van der Waals surface area contributed by atoms with Crippen molar-refractivity contribution in [3.63, 3.8) is 0 Å². The molecular formula is C21H26F7N3O6. The highest BCUT2D eigenvalue weighted by Gasteiger charge is 2.44. The van der Waals surface area contributed by atoms with Gasteiger partial charge in [0.1, 0.15) is 0 Å². The number of likely N-dealkylation sites (tertiary alicyclic amines) is 2. The van der Waals surface area contributed by atoms with Gasteiger partial charge in [-0.25, -0.2) is 14.6 Å². The highest BCUT2D eigenvalue weighted by Crippen LogP contribution is 2.43. The van der Waals surface area contributed by atoms with Gasteiger partial charge in [0.15, 0.2) is 0 Å². The number of carbonyl (C=O) groups excluding carboxylic acids is 1. The van der Waals surface area contributed by atoms with Crippen LogP contribution < -0.4 is 0 Å². The van der Waals surface area contributed by atoms with Crippen LogP contribution in [0, 0.1) is 11.4 Å². The number of carboxylic acid groups (broad SMARTS) is 2. The van der Waals surface area contributed by atoms with Gasteiger partial charge in [-0.05, 0) is 37.8 Å². The third-order valence-corrected chi connectivity index (χ3v) is 5.81. The summed E-state index contributed by atoms with van der Waals surface area (Å²) in [6.45, 7) is 3.29. The second kappa shape index (κ2) is 13.0. The van der Waals surface area contributed by atoms with Crippen LogP contribution in [0.2, 0.25) is 0 Å². The average Bonchev–Trinajstić information content (AvgIpc) is 3.08. The Kier molecular flexibility index (Phi) is 11.2. The van der Waals surface area contributed by atoms with Crippen molar-refractivity contribution in [3.8, 4) is 0 Å². The molecule has 9 nitrogen and oxygen atoms in total. The largest absolute Gasteiger partial charge is 0.490 e. The number of halogens is 7. The number of hydrogen-bond donors (Lipinski definition) is 2. The van der Waals surface area contributed by atoms with Crippen molar-refractivity contribution in [2.45, 2.75) is 37.7 Å². The molecule has 1 aromatic rings. The zero-order chi connectivity index (χ0) is 28.6. The number of carboxylic acids is 2. The lowest BCUT2D eigenvalue weighted by Crippen LogP contribution is -2.44. The van der Waals surface area contributed by atoms with Crippen molar-refractivity contribution in [3.05, 3.63) is 29.8 Å². The van der Waals surface area contributed by atoms with Gasteiger partial charge in [-0.3, -0.25) is 4.79 Å². The highest BCUT2D eigenvalue weighted by molar-refractivity contribution is 5.94. The molecule has 1 unspecified atom stereocenters. The monoisotopic (exact) mass is 549 g/mol. The molecule has 2 N–H and O–H groups in total. The Morgan fingerprint density at radius 1 is 1.08 bits per heavy atom. The molecule has 1 spiro atoms. The summed E-state index contributed by atoms with van der Waals surface area (Å²) in [6.07, 6.45) is -5.70. The molecular weight excluding hydrogens is 523 g/mol. The SMILES string of the molecule is COCC1CC2(CCN(C(=O)c3ccnc(F)c3)CC2)CN1C.O=C(O)C(F)(F)F.O=C(O)C(F)(F)F. The molecule has 2 fully saturated rings. The van der Waals surface area contributed by atoms with E-state index in [-0.39, 0.29) is 11.3 Å². The summed E-state index contributed by atoms with van der Waals surface area (Å²) in [5.41, 5.74) is 0.673. The minimum absolute atomic E-state index is 0.0963. The molecule has 0 aliphatic carbocycles. The quantitative estimate of drug-likeness (QED) is 0.436. The second-order valence-corrected chi connectivity index (χ2v) is 8.49. The first-order valence-electron chi connectivity index (χ1n) is 10.6. The fourth-order valence-electron chi connectivity index (χ4n) is 4.02. The number of pyridine rings is 1. The Labute approximate surface area is 206 Å². The molecule has 2 aliphatic rings. The summed E-state index contributed by atoms with van der Waals surface area (Å²) in [4.78, 5) is 38.0. The zero-order valence-electron chi connectivity index (χ0n) is 19.8. The molecule has 0 saturated carbocycles. The first-order chi connectivity index (χ1) is 16.9. The number of amides is 1. The van der Waals surface area contributed by atoms with Crippen molar-refractivity contribution in [1.82, 2.24) is 14.8 Å². The third kappa shape index (κ3) is 10.1. The number of alkyl halides is 6. The first-order valence-corrected chi connectivity index (χ1v) is 10.6. The van der Waals surface area contributed by atoms with Crippen LogP contribution in [0.4, 0.5) is 30.7 Å². The van der Waals surface area contributed by atoms with E-state index in [2.05, 4.69) is 16.9 Å². The molecule has 1 aromatic heterocycles. The molecule has 1 amide bonds. The van der Waals surface area contributed by atoms with Crippen LogP contribution in [0.15, 0.2) is 18.3 Å². The van der Waals surface area contributed by atoms with Crippen molar-refractivity contribution in [1.29, 1.82) is 0 Å². The number of aromatic nitrogens is 1. The molecule has 37 heavy (non-hydrogen) atoms. The number of likely N-dealkylation sites (N-methyl/N-ethyl adjacent to an activating group) is 1. The molecule has 2 saturated heterocycles. The van der Waals surface area contributed by atoms with Crippen LogP contribution in [-0.2, 0) is 14.3 Å². The Bertz CT molecular complexity index is 910. The van der Waals surface area contributed by atoms with E-state index in [0.29, 0.717) is 11.6 Å². The molecule has 2 aliphatic heterocycles. The molecule has 1 atom stereocenters. The van der Waals surface area contributed by atoms with E-state index in [0.717, 1.165) is 45.5 Å². The fraction of sp³-hybridized carbons (Fsp3) is 0.619. The van der Waals surface area contributed by atoms with Gasteiger partial charge in [0.25, 0.3) is 5.91 Å². The predicted octanol–water partition coefficient (Wildman–Crippen LogP) is 3.06. The summed E-state index contributed by atoms with van der Waals surface area (Å²) in [5, 5.41) is 14.2. The Balaban J connectivity index is 0.000000404. The third-order valence-electron chi connectivity index (χ3n) is 5.81. The summed E-state index contributed by atoms with van der Waals surface area (Å²) in [5.74, 6) is -6.22. The standard InChI is InChI=1S/C17H24FN3O2.2C2HF3O2/c1-20-12-17(10-14(20)11-23-2)4-7-21(8-5-17)16(22)13-3-6-19-15(18)9-13;2*3-2(4,5)1(6)7/h3,6,9,14H,4-5,7-8,10-12H2,1-2H3;2*(H,6,7). The van der Waals surface area contributed by atoms with Gasteiger partial charge < -0.3 is 24.7 Å². The van der Waals surface area contributed by atoms with Gasteiger partial charge in [0.05, 0.1) is 6.61 Å². The van der Waals surface area contributed by atoms with Crippen LogP contribution in [0.25, 0.3) is 0 Å². The number of carbonyl (C=O) groups is 3. The van der Waals surface area contributed by atoms with E-state index in [9.17, 15) is 35.5 Å². The van der Waals surface area contributed by atoms with Crippen LogP contribution in [0.1, 0.15) is 29.6 Å². The molecule has 0 radical (unpaired) electrons. The first kappa shape index (κ1) is 32.0. The van der Waals surface area contributed by atoms with Gasteiger partial charge >= 0.3 is 24.3 Å². The molecule has 16 heteroatoms. The second-order valence-electron chi connectivity index (χ2n) is 8.49. The van der Waals surface area contributed by atoms with Gasteiger partial charge in [-0.1, -0.05) is 0 Å². The smallest absolute Gasteiger partial charge is 0.475 e. The van der Waals surface area contributed by atoms with Crippen molar-refractivity contribution < 1.29 is 60.1 Å². The maximum atomic E-state index is 13.2. The van der Waals surface area contributed by atoms with Crippen LogP contribution >= 0.6 is 0 Å². The Hall–Kier alpha value is -3.01. The topological polar surface area (TPSA) is 120 Å². The van der Waals surface area contributed by atoms with Crippen molar-refractivity contribution in [2.75, 3.05) is 40.4 Å². The highest BCUT2D eigenvalue weighted by atomic mass is 19.4. The van der Waals surface area contributed by atoms with Crippen molar-refractivity contribution in [2.24, 2.45) is 5.41 Å². The van der Waals surface area contributed by atoms with E-state index in [1.54, 1.807) is 13.2 Å². The minimum Gasteiger partial charge on any atom is -0.475 e. The number of rotatable bonds is 3. The minimum atomic E-state index is -5.08. The van der Waals surface area contributed by atoms with Gasteiger partial charge in [-0.15, -0.1) is 0 Å². The lowest BCUT2D eigenvalue weighted by molar-refractivity contribution is -0.193. The van der Waals surface area contributed by atoms with Gasteiger partial charge in [0.2, 0.25) is 5.95 Å². The van der Waals surface area contributed by atoms with E-state index in [1.807, 2.05) is 4.90 Å². The fourth-order valence-corrected chi connectivity index (χ4v) is 4.02. The predicted molar refractivity (Wildman–Crippen MR) is 112 cm³/mol. The summed E-state index contributed by atoms with van der Waals surface area (Å²) >= 11 is 0. The molecule has 210 valence electrons. The van der Waals surface area contributed by atoms with Crippen LogP contribution in [0.5, 0.6) is 0 Å². The van der Waals surface area contributed by atoms with Crippen LogP contribution in [0.3, 0.4) is 0 Å². The molecule has 3 heterocycles. The molecule has 0 bridgehead atoms. The van der Waals surface area contributed by atoms with E-state index in [4.69, 9.17) is 24.5 Å². The Morgan fingerprint density at radius 2 is 1.57 bits per heavy atom. The number of hydrogen-bond acceptors (Lipinski definition) is 6. The Morgan fingerprint density at radius 3 is 1.97 bits per heavy atom. The molecule has 0 aromatic carbocycles. The van der Waals surface area contributed by atoms with Gasteiger partial charge in [0, 0.05) is 50.6 Å². The van der Waals surface area contributed by atoms with Gasteiger partial charge in [-0.2, -0.15) is 30.7 Å². The number of piperidine rings is 1. The summed E-state index contributed by atoms with van der Waals surface area (Å²) in [7, 11) is 3.89. The van der Waals surface area contributed by atoms with Crippen LogP contribution in [-0.4, -0.2) is 102 Å². The van der Waals surface area contributed by atoms with E-state index in [1.165, 1.54) is 12.3 Å². The lowest BCUT2D eigenvalue weighted by Gasteiger charge is -2.39. The number of ether oxygens (including phenoxy) is 1. The number of methoxy groups -OCH3 is 1. The maximum Gasteiger partial charge on any atom is 0.490 e. The molecule has 3 rings (SSSR count). The average molecular weight is 549 g/mol.